The molecule has 0 saturated heterocycles. The van der Waals surface area contributed by atoms with E-state index in [-0.39, 0.29) is 35.5 Å². The second-order valence-corrected chi connectivity index (χ2v) is 11.6. The topological polar surface area (TPSA) is 250 Å². The summed E-state index contributed by atoms with van der Waals surface area (Å²) in [5.74, 6) is -5.73. The van der Waals surface area contributed by atoms with Gasteiger partial charge in [-0.3, -0.25) is 24.0 Å². The van der Waals surface area contributed by atoms with Gasteiger partial charge in [-0.1, -0.05) is 34.1 Å². The Morgan fingerprint density at radius 1 is 1.09 bits per heavy atom. The van der Waals surface area contributed by atoms with Gasteiger partial charge in [-0.25, -0.2) is 14.8 Å². The Bertz CT molecular complexity index is 1310. The number of hydrogen-bond donors (Lipinski definition) is 7. The number of carbonyl (C=O) groups is 6. The number of nitrogens with one attached hydrogen (secondary N) is 4. The number of aromatic nitrogens is 3. The van der Waals surface area contributed by atoms with E-state index in [4.69, 9.17) is 10.8 Å². The number of H-pyrrole nitrogens is 1. The minimum atomic E-state index is -1.44. The van der Waals surface area contributed by atoms with Gasteiger partial charge in [0.15, 0.2) is 5.13 Å². The van der Waals surface area contributed by atoms with Crippen LogP contribution in [-0.2, 0) is 30.4 Å². The van der Waals surface area contributed by atoms with Crippen LogP contribution in [0.15, 0.2) is 17.9 Å². The monoisotopic (exact) mass is 636 g/mol. The third-order valence-electron chi connectivity index (χ3n) is 6.99. The fraction of sp³-hybridized carbons (Fsp3) is 0.556. The van der Waals surface area contributed by atoms with Crippen LogP contribution in [-0.4, -0.2) is 96.8 Å². The Labute approximate surface area is 258 Å². The number of carboxylic acid groups (broad SMARTS) is 2. The smallest absolute Gasteiger partial charge is 0.326 e. The minimum Gasteiger partial charge on any atom is -0.481 e. The van der Waals surface area contributed by atoms with E-state index in [1.54, 1.807) is 27.0 Å². The highest BCUT2D eigenvalue weighted by Crippen LogP contribution is 2.20. The second kappa shape index (κ2) is 16.5. The van der Waals surface area contributed by atoms with E-state index >= 15 is 0 Å². The van der Waals surface area contributed by atoms with Crippen molar-refractivity contribution in [1.29, 1.82) is 0 Å². The van der Waals surface area contributed by atoms with Gasteiger partial charge < -0.3 is 41.8 Å². The fourth-order valence-corrected chi connectivity index (χ4v) is 5.02. The molecule has 0 aromatic carbocycles. The first kappa shape index (κ1) is 35.8. The summed E-state index contributed by atoms with van der Waals surface area (Å²) in [4.78, 5) is 86.8. The lowest BCUT2D eigenvalue weighted by Crippen LogP contribution is -2.58. The van der Waals surface area contributed by atoms with Crippen molar-refractivity contribution in [2.75, 3.05) is 12.4 Å². The van der Waals surface area contributed by atoms with Crippen molar-refractivity contribution in [1.82, 2.24) is 30.5 Å². The number of nitrogens with zero attached hydrogens (tertiary/aromatic N) is 3. The Morgan fingerprint density at radius 3 is 2.32 bits per heavy atom. The van der Waals surface area contributed by atoms with E-state index in [0.29, 0.717) is 12.1 Å². The zero-order valence-corrected chi connectivity index (χ0v) is 26.0. The van der Waals surface area contributed by atoms with E-state index in [1.165, 1.54) is 23.7 Å². The molecule has 2 aromatic heterocycles. The highest BCUT2D eigenvalue weighted by Gasteiger charge is 2.37. The number of carboxylic acids is 2. The molecular weight excluding hydrogens is 596 g/mol. The Balaban J connectivity index is 2.13. The highest BCUT2D eigenvalue weighted by atomic mass is 32.1. The zero-order valence-electron chi connectivity index (χ0n) is 25.2. The molecule has 0 radical (unpaired) electrons. The zero-order chi connectivity index (χ0) is 33.1. The fourth-order valence-electron chi connectivity index (χ4n) is 4.32. The molecule has 0 spiro atoms. The van der Waals surface area contributed by atoms with Crippen LogP contribution in [0.25, 0.3) is 0 Å². The largest absolute Gasteiger partial charge is 0.481 e. The second-order valence-electron chi connectivity index (χ2n) is 10.7. The SMILES string of the molecule is CCC(C)[C@H](NC(=O)C(N)Cc1cnc[nH]1)C(=O)N(C)[C@H](C(=O)Nc1nc(C(=O)N[C@@H](CCC(=O)O)C(=O)O)cs1)C(C)C. The quantitative estimate of drug-likeness (QED) is 0.125. The van der Waals surface area contributed by atoms with Gasteiger partial charge in [-0.15, -0.1) is 11.3 Å². The first-order valence-electron chi connectivity index (χ1n) is 14.0. The minimum absolute atomic E-state index is 0.0284. The maximum atomic E-state index is 13.7. The molecule has 8 N–H and O–H groups in total. The number of aromatic amines is 1. The molecule has 0 aliphatic heterocycles. The highest BCUT2D eigenvalue weighted by molar-refractivity contribution is 7.14. The number of imidazole rings is 1. The van der Waals surface area contributed by atoms with E-state index in [0.717, 1.165) is 11.3 Å². The van der Waals surface area contributed by atoms with E-state index in [1.807, 2.05) is 6.92 Å². The molecule has 0 aliphatic carbocycles. The molecule has 2 aromatic rings. The summed E-state index contributed by atoms with van der Waals surface area (Å²) >= 11 is 0.910. The van der Waals surface area contributed by atoms with Crippen LogP contribution in [0.5, 0.6) is 0 Å². The van der Waals surface area contributed by atoms with Crippen LogP contribution in [0.2, 0.25) is 0 Å². The Kier molecular flexibility index (Phi) is 13.4. The van der Waals surface area contributed by atoms with Crippen molar-refractivity contribution < 1.29 is 39.0 Å². The molecule has 2 heterocycles. The number of rotatable bonds is 17. The number of thiazole rings is 1. The molecule has 2 unspecified atom stereocenters. The molecule has 242 valence electrons. The van der Waals surface area contributed by atoms with Crippen molar-refractivity contribution in [3.05, 3.63) is 29.3 Å². The number of aliphatic carboxylic acids is 2. The van der Waals surface area contributed by atoms with Gasteiger partial charge in [0.1, 0.15) is 23.8 Å². The summed E-state index contributed by atoms with van der Waals surface area (Å²) in [6, 6.07) is -4.33. The lowest BCUT2D eigenvalue weighted by atomic mass is 9.95. The van der Waals surface area contributed by atoms with Crippen LogP contribution in [0.4, 0.5) is 5.13 Å². The summed E-state index contributed by atoms with van der Waals surface area (Å²) < 4.78 is 0. The molecule has 0 aliphatic rings. The first-order valence-corrected chi connectivity index (χ1v) is 14.9. The van der Waals surface area contributed by atoms with E-state index < -0.39 is 66.2 Å². The summed E-state index contributed by atoms with van der Waals surface area (Å²) in [7, 11) is 1.46. The lowest BCUT2D eigenvalue weighted by Gasteiger charge is -2.34. The van der Waals surface area contributed by atoms with Gasteiger partial charge in [-0.2, -0.15) is 0 Å². The normalized spacial score (nSPS) is 14.5. The Hall–Kier alpha value is -4.38. The number of likely N-dealkylation sites (N-methyl/N-ethyl adjacent to an activating group) is 1. The number of nitrogens with two attached hydrogens (primary N) is 1. The molecule has 5 atom stereocenters. The summed E-state index contributed by atoms with van der Waals surface area (Å²) in [5, 5.41) is 27.0. The molecule has 44 heavy (non-hydrogen) atoms. The predicted octanol–water partition coefficient (Wildman–Crippen LogP) is 0.436. The van der Waals surface area contributed by atoms with Crippen LogP contribution < -0.4 is 21.7 Å². The molecule has 0 saturated carbocycles. The van der Waals surface area contributed by atoms with Crippen LogP contribution in [0, 0.1) is 11.8 Å². The predicted molar refractivity (Wildman–Crippen MR) is 160 cm³/mol. The number of hydrogen-bond acceptors (Lipinski definition) is 10. The Morgan fingerprint density at radius 2 is 1.77 bits per heavy atom. The third kappa shape index (κ3) is 10.1. The van der Waals surface area contributed by atoms with E-state index in [2.05, 4.69) is 30.9 Å². The van der Waals surface area contributed by atoms with Gasteiger partial charge in [0.2, 0.25) is 17.7 Å². The van der Waals surface area contributed by atoms with Crippen molar-refractivity contribution in [3.63, 3.8) is 0 Å². The van der Waals surface area contributed by atoms with Gasteiger partial charge >= 0.3 is 11.9 Å². The summed E-state index contributed by atoms with van der Waals surface area (Å²) in [5.41, 5.74) is 6.56. The van der Waals surface area contributed by atoms with Crippen LogP contribution in [0.3, 0.4) is 0 Å². The number of carbonyl (C=O) groups excluding carboxylic acids is 4. The van der Waals surface area contributed by atoms with Crippen LogP contribution >= 0.6 is 11.3 Å². The average Bonchev–Trinajstić information content (AvgIpc) is 3.64. The summed E-state index contributed by atoms with van der Waals surface area (Å²) in [6.45, 7) is 7.17. The van der Waals surface area contributed by atoms with Gasteiger partial charge in [0.05, 0.1) is 12.4 Å². The molecule has 16 nitrogen and oxygen atoms in total. The maximum absolute atomic E-state index is 13.7. The molecule has 17 heteroatoms. The van der Waals surface area contributed by atoms with Gasteiger partial charge in [-0.05, 0) is 18.3 Å². The molecule has 0 fully saturated rings. The molecule has 2 rings (SSSR count). The summed E-state index contributed by atoms with van der Waals surface area (Å²) in [6.07, 6.45) is 2.98. The van der Waals surface area contributed by atoms with Crippen LogP contribution in [0.1, 0.15) is 63.1 Å². The van der Waals surface area contributed by atoms with Crippen molar-refractivity contribution in [2.45, 2.75) is 77.5 Å². The van der Waals surface area contributed by atoms with Gasteiger partial charge in [0.25, 0.3) is 5.91 Å². The van der Waals surface area contributed by atoms with Crippen molar-refractivity contribution >= 4 is 52.0 Å². The maximum Gasteiger partial charge on any atom is 0.326 e. The number of anilines is 1. The molecular formula is C27H40N8O8S. The van der Waals surface area contributed by atoms with Crippen molar-refractivity contribution in [2.24, 2.45) is 17.6 Å². The molecule has 0 bridgehead atoms. The van der Waals surface area contributed by atoms with Crippen molar-refractivity contribution in [3.8, 4) is 0 Å². The van der Waals surface area contributed by atoms with Gasteiger partial charge in [0, 0.05) is 37.2 Å². The molecule has 4 amide bonds. The standard InChI is InChI=1S/C27H40N8O8S/c1-6-14(4)20(33-22(38)16(28)9-15-10-29-12-30-15)25(41)35(5)21(13(2)3)24(40)34-27-32-18(11-44-27)23(39)31-17(26(42)43)7-8-19(36)37/h10-14,16-17,20-21H,6-9,28H2,1-5H3,(H,29,30)(H,31,39)(H,33,38)(H,36,37)(H,42,43)(H,32,34,40)/t14?,16?,17-,20-,21-/m0/s1. The lowest BCUT2D eigenvalue weighted by molar-refractivity contribution is -0.143. The first-order chi connectivity index (χ1) is 20.7. The third-order valence-corrected chi connectivity index (χ3v) is 7.75. The van der Waals surface area contributed by atoms with E-state index in [9.17, 15) is 33.9 Å². The average molecular weight is 637 g/mol. The number of amides is 4.